The molecular formula is C22H25NO8S. The summed E-state index contributed by atoms with van der Waals surface area (Å²) in [7, 11) is -2.50. The van der Waals surface area contributed by atoms with E-state index in [0.29, 0.717) is 5.56 Å². The van der Waals surface area contributed by atoms with Crippen LogP contribution in [0.5, 0.6) is 0 Å². The molecule has 4 rings (SSSR count). The molecule has 0 saturated carbocycles. The Bertz CT molecular complexity index is 1020. The molecule has 32 heavy (non-hydrogen) atoms. The molecule has 10 heteroatoms. The topological polar surface area (TPSA) is 109 Å². The lowest BCUT2D eigenvalue weighted by Gasteiger charge is -2.48. The highest BCUT2D eigenvalue weighted by Crippen LogP contribution is 2.36. The van der Waals surface area contributed by atoms with E-state index in [4.69, 9.17) is 23.1 Å². The molecule has 2 saturated heterocycles. The number of hydrogen-bond acceptors (Lipinski definition) is 8. The monoisotopic (exact) mass is 463 g/mol. The standard InChI is InChI=1S/C22H25NO8S/c1-27-22-17(23-20(24)14-9-5-3-6-10-14)19(31-32(2,25)26)18-16(29-22)13-28-21(30-18)15-11-7-4-8-12-15/h3-12,16-19,21-22H,13H2,1-2H3,(H,23,24)/t16-,17-,18-,19+,21+,22-/m1/s1. The summed E-state index contributed by atoms with van der Waals surface area (Å²) in [4.78, 5) is 12.8. The first-order valence-corrected chi connectivity index (χ1v) is 11.9. The first-order valence-electron chi connectivity index (χ1n) is 10.1. The third-order valence-corrected chi connectivity index (χ3v) is 5.83. The molecule has 0 aliphatic carbocycles. The van der Waals surface area contributed by atoms with Gasteiger partial charge in [0.05, 0.1) is 12.9 Å². The Morgan fingerprint density at radius 2 is 1.69 bits per heavy atom. The van der Waals surface area contributed by atoms with Crippen molar-refractivity contribution in [2.45, 2.75) is 36.9 Å². The summed E-state index contributed by atoms with van der Waals surface area (Å²) in [5.74, 6) is -0.423. The van der Waals surface area contributed by atoms with Crippen LogP contribution in [0.4, 0.5) is 0 Å². The fourth-order valence-corrected chi connectivity index (χ4v) is 4.48. The maximum absolute atomic E-state index is 12.8. The van der Waals surface area contributed by atoms with Gasteiger partial charge in [-0.2, -0.15) is 8.42 Å². The van der Waals surface area contributed by atoms with Crippen molar-refractivity contribution >= 4 is 16.0 Å². The van der Waals surface area contributed by atoms with Gasteiger partial charge in [0.25, 0.3) is 16.0 Å². The number of carbonyl (C=O) groups is 1. The highest BCUT2D eigenvalue weighted by molar-refractivity contribution is 7.86. The van der Waals surface area contributed by atoms with E-state index in [-0.39, 0.29) is 6.61 Å². The molecule has 0 bridgehead atoms. The van der Waals surface area contributed by atoms with Gasteiger partial charge in [0.1, 0.15) is 24.4 Å². The summed E-state index contributed by atoms with van der Waals surface area (Å²) in [6, 6.07) is 16.8. The normalized spacial score (nSPS) is 30.3. The van der Waals surface area contributed by atoms with Crippen LogP contribution < -0.4 is 5.32 Å². The molecule has 0 unspecified atom stereocenters. The average Bonchev–Trinajstić information content (AvgIpc) is 2.80. The highest BCUT2D eigenvalue weighted by atomic mass is 32.2. The van der Waals surface area contributed by atoms with Gasteiger partial charge in [0.2, 0.25) is 0 Å². The van der Waals surface area contributed by atoms with Crippen molar-refractivity contribution in [2.75, 3.05) is 20.0 Å². The van der Waals surface area contributed by atoms with Crippen molar-refractivity contribution in [3.8, 4) is 0 Å². The lowest BCUT2D eigenvalue weighted by molar-refractivity contribution is -0.337. The lowest BCUT2D eigenvalue weighted by Crippen LogP contribution is -2.67. The van der Waals surface area contributed by atoms with Crippen LogP contribution in [0.25, 0.3) is 0 Å². The number of benzene rings is 2. The Morgan fingerprint density at radius 3 is 2.31 bits per heavy atom. The summed E-state index contributed by atoms with van der Waals surface area (Å²) in [5.41, 5.74) is 1.17. The fourth-order valence-electron chi connectivity index (χ4n) is 3.85. The van der Waals surface area contributed by atoms with Crippen LogP contribution in [0.3, 0.4) is 0 Å². The van der Waals surface area contributed by atoms with Crippen LogP contribution in [-0.4, -0.2) is 64.9 Å². The molecule has 1 N–H and O–H groups in total. The van der Waals surface area contributed by atoms with Crippen molar-refractivity contribution in [2.24, 2.45) is 0 Å². The average molecular weight is 464 g/mol. The van der Waals surface area contributed by atoms with Gasteiger partial charge in [-0.3, -0.25) is 8.98 Å². The Morgan fingerprint density at radius 1 is 1.03 bits per heavy atom. The van der Waals surface area contributed by atoms with Crippen LogP contribution in [0.15, 0.2) is 60.7 Å². The number of amides is 1. The van der Waals surface area contributed by atoms with E-state index in [1.807, 2.05) is 30.3 Å². The maximum atomic E-state index is 12.8. The molecule has 0 aromatic heterocycles. The molecule has 2 fully saturated rings. The first-order chi connectivity index (χ1) is 15.4. The van der Waals surface area contributed by atoms with E-state index >= 15 is 0 Å². The molecule has 1 amide bonds. The molecular weight excluding hydrogens is 438 g/mol. The second kappa shape index (κ2) is 9.65. The fraction of sp³-hybridized carbons (Fsp3) is 0.409. The van der Waals surface area contributed by atoms with E-state index < -0.39 is 53.0 Å². The van der Waals surface area contributed by atoms with Crippen molar-refractivity contribution < 1.29 is 36.3 Å². The molecule has 2 aliphatic rings. The molecule has 172 valence electrons. The smallest absolute Gasteiger partial charge is 0.264 e. The minimum absolute atomic E-state index is 0.132. The predicted molar refractivity (Wildman–Crippen MR) is 113 cm³/mol. The Kier molecular flexibility index (Phi) is 6.89. The molecule has 6 atom stereocenters. The van der Waals surface area contributed by atoms with Crippen LogP contribution in [0, 0.1) is 0 Å². The minimum Gasteiger partial charge on any atom is -0.354 e. The molecule has 2 heterocycles. The van der Waals surface area contributed by atoms with E-state index in [0.717, 1.165) is 11.8 Å². The third kappa shape index (κ3) is 5.17. The van der Waals surface area contributed by atoms with E-state index in [1.54, 1.807) is 30.3 Å². The van der Waals surface area contributed by atoms with Crippen molar-refractivity contribution in [1.29, 1.82) is 0 Å². The van der Waals surface area contributed by atoms with Crippen molar-refractivity contribution in [3.05, 3.63) is 71.8 Å². The summed E-state index contributed by atoms with van der Waals surface area (Å²) in [6.07, 6.45) is -3.36. The molecule has 2 aliphatic heterocycles. The number of hydrogen-bond donors (Lipinski definition) is 1. The molecule has 2 aromatic carbocycles. The SMILES string of the molecule is CO[C@@H]1O[C@@H]2CO[C@H](c3ccccc3)O[C@H]2[C@@H](OS(C)(=O)=O)[C@H]1NC(=O)c1ccccc1. The van der Waals surface area contributed by atoms with E-state index in [1.165, 1.54) is 7.11 Å². The number of ether oxygens (including phenoxy) is 4. The van der Waals surface area contributed by atoms with Gasteiger partial charge in [-0.1, -0.05) is 48.5 Å². The van der Waals surface area contributed by atoms with Gasteiger partial charge >= 0.3 is 0 Å². The van der Waals surface area contributed by atoms with Crippen LogP contribution in [0.2, 0.25) is 0 Å². The van der Waals surface area contributed by atoms with Gasteiger partial charge in [-0.15, -0.1) is 0 Å². The number of fused-ring (bicyclic) bond motifs is 1. The van der Waals surface area contributed by atoms with Gasteiger partial charge in [-0.25, -0.2) is 0 Å². The zero-order chi connectivity index (χ0) is 22.7. The number of carbonyl (C=O) groups excluding carboxylic acids is 1. The quantitative estimate of drug-likeness (QED) is 0.644. The Labute approximate surface area is 186 Å². The van der Waals surface area contributed by atoms with Gasteiger partial charge in [0, 0.05) is 18.2 Å². The molecule has 0 radical (unpaired) electrons. The van der Waals surface area contributed by atoms with Gasteiger partial charge < -0.3 is 24.3 Å². The second-order valence-electron chi connectivity index (χ2n) is 7.59. The first kappa shape index (κ1) is 22.8. The van der Waals surface area contributed by atoms with Crippen LogP contribution >= 0.6 is 0 Å². The minimum atomic E-state index is -3.90. The molecule has 2 aromatic rings. The summed E-state index contributed by atoms with van der Waals surface area (Å²) < 4.78 is 52.9. The largest absolute Gasteiger partial charge is 0.354 e. The maximum Gasteiger partial charge on any atom is 0.264 e. The van der Waals surface area contributed by atoms with Gasteiger partial charge in [0.15, 0.2) is 12.6 Å². The van der Waals surface area contributed by atoms with Gasteiger partial charge in [-0.05, 0) is 12.1 Å². The highest BCUT2D eigenvalue weighted by Gasteiger charge is 2.52. The molecule has 9 nitrogen and oxygen atoms in total. The zero-order valence-electron chi connectivity index (χ0n) is 17.6. The lowest BCUT2D eigenvalue weighted by atomic mass is 9.95. The second-order valence-corrected chi connectivity index (χ2v) is 9.19. The summed E-state index contributed by atoms with van der Waals surface area (Å²) >= 11 is 0. The van der Waals surface area contributed by atoms with Crippen molar-refractivity contribution in [1.82, 2.24) is 5.32 Å². The number of rotatable bonds is 6. The summed E-state index contributed by atoms with van der Waals surface area (Å²) in [6.45, 7) is 0.132. The number of methoxy groups -OCH3 is 1. The van der Waals surface area contributed by atoms with Crippen molar-refractivity contribution in [3.63, 3.8) is 0 Å². The summed E-state index contributed by atoms with van der Waals surface area (Å²) in [5, 5.41) is 2.80. The Balaban J connectivity index is 1.63. The predicted octanol–water partition coefficient (Wildman–Crippen LogP) is 1.62. The number of nitrogens with one attached hydrogen (secondary N) is 1. The van der Waals surface area contributed by atoms with Crippen LogP contribution in [0.1, 0.15) is 22.2 Å². The Hall–Kier alpha value is -2.34. The van der Waals surface area contributed by atoms with Crippen LogP contribution in [-0.2, 0) is 33.2 Å². The van der Waals surface area contributed by atoms with E-state index in [2.05, 4.69) is 5.32 Å². The van der Waals surface area contributed by atoms with E-state index in [9.17, 15) is 13.2 Å². The molecule has 0 spiro atoms. The third-order valence-electron chi connectivity index (χ3n) is 5.26. The zero-order valence-corrected chi connectivity index (χ0v) is 18.4.